The molecule has 174 valence electrons. The van der Waals surface area contributed by atoms with E-state index in [-0.39, 0.29) is 31.2 Å². The first-order chi connectivity index (χ1) is 14.5. The average Bonchev–Trinajstić information content (AvgIpc) is 2.71. The fraction of sp³-hybridized carbons (Fsp3) is 0.619. The number of alkyl carbamates (subject to hydrolysis) is 1. The minimum atomic E-state index is -0.901. The highest BCUT2D eigenvalue weighted by Gasteiger charge is 2.35. The first kappa shape index (κ1) is 25.1. The third kappa shape index (κ3) is 7.21. The third-order valence-corrected chi connectivity index (χ3v) is 5.11. The van der Waals surface area contributed by atoms with Crippen LogP contribution in [0.5, 0.6) is 0 Å². The third-order valence-electron chi connectivity index (χ3n) is 4.76. The van der Waals surface area contributed by atoms with Crippen molar-refractivity contribution in [3.8, 4) is 0 Å². The number of benzene rings is 1. The van der Waals surface area contributed by atoms with E-state index >= 15 is 0 Å². The van der Waals surface area contributed by atoms with Crippen molar-refractivity contribution in [2.75, 3.05) is 33.4 Å². The molecule has 1 N–H and O–H groups in total. The van der Waals surface area contributed by atoms with Crippen molar-refractivity contribution in [3.63, 3.8) is 0 Å². The molecule has 2 amide bonds. The molecule has 1 fully saturated rings. The predicted molar refractivity (Wildman–Crippen MR) is 111 cm³/mol. The zero-order valence-electron chi connectivity index (χ0n) is 18.2. The number of likely N-dealkylation sites (tertiary alicyclic amines) is 1. The summed E-state index contributed by atoms with van der Waals surface area (Å²) < 4.78 is 44.3. The summed E-state index contributed by atoms with van der Waals surface area (Å²) in [6, 6.07) is 2.37. The largest absolute Gasteiger partial charge is 0.453 e. The highest BCUT2D eigenvalue weighted by Crippen LogP contribution is 2.37. The zero-order chi connectivity index (χ0) is 23.2. The molecule has 31 heavy (non-hydrogen) atoms. The van der Waals surface area contributed by atoms with Gasteiger partial charge >= 0.3 is 12.2 Å². The van der Waals surface area contributed by atoms with Gasteiger partial charge in [0.1, 0.15) is 16.4 Å². The van der Waals surface area contributed by atoms with Gasteiger partial charge in [0.25, 0.3) is 0 Å². The molecule has 1 aromatic rings. The Kier molecular flexibility index (Phi) is 8.88. The zero-order valence-corrected chi connectivity index (χ0v) is 18.9. The fourth-order valence-electron chi connectivity index (χ4n) is 3.40. The van der Waals surface area contributed by atoms with Crippen LogP contribution in [-0.2, 0) is 14.2 Å². The van der Waals surface area contributed by atoms with Crippen LogP contribution in [0, 0.1) is 17.6 Å². The standard InChI is InChI=1S/C21H29ClF2N2O5/c1-21(2,3)31-20(28)26-10-5-6-13(12-26)18(30-11-9-25-19(27)29-4)14-7-8-15(23)16(22)17(14)24/h7-8,13,18H,5-6,9-12H2,1-4H3,(H,25,27). The number of rotatable bonds is 6. The highest BCUT2D eigenvalue weighted by molar-refractivity contribution is 6.30. The number of piperidine rings is 1. The van der Waals surface area contributed by atoms with Gasteiger partial charge in [0.05, 0.1) is 19.8 Å². The van der Waals surface area contributed by atoms with E-state index in [9.17, 15) is 18.4 Å². The molecule has 1 saturated heterocycles. The molecule has 0 radical (unpaired) electrons. The molecule has 0 spiro atoms. The van der Waals surface area contributed by atoms with Gasteiger partial charge in [-0.1, -0.05) is 17.7 Å². The Bertz CT molecular complexity index is 788. The van der Waals surface area contributed by atoms with Crippen molar-refractivity contribution in [3.05, 3.63) is 34.4 Å². The summed E-state index contributed by atoms with van der Waals surface area (Å²) in [6.45, 7) is 6.31. The molecule has 2 rings (SSSR count). The molecule has 0 saturated carbocycles. The van der Waals surface area contributed by atoms with E-state index in [0.29, 0.717) is 19.4 Å². The number of hydrogen-bond donors (Lipinski definition) is 1. The lowest BCUT2D eigenvalue weighted by Gasteiger charge is -2.37. The summed E-state index contributed by atoms with van der Waals surface area (Å²) in [5.41, 5.74) is -0.545. The van der Waals surface area contributed by atoms with E-state index < -0.39 is 40.5 Å². The Hall–Kier alpha value is -2.13. The molecule has 2 unspecified atom stereocenters. The maximum atomic E-state index is 14.8. The molecule has 0 aromatic heterocycles. The van der Waals surface area contributed by atoms with Crippen LogP contribution in [0.2, 0.25) is 5.02 Å². The predicted octanol–water partition coefficient (Wildman–Crippen LogP) is 4.68. The van der Waals surface area contributed by atoms with Crippen LogP contribution in [0.25, 0.3) is 0 Å². The van der Waals surface area contributed by atoms with Crippen LogP contribution in [0.3, 0.4) is 0 Å². The topological polar surface area (TPSA) is 77.1 Å². The SMILES string of the molecule is COC(=O)NCCOC(c1ccc(F)c(Cl)c1F)C1CCCN(C(=O)OC(C)(C)C)C1. The van der Waals surface area contributed by atoms with Crippen LogP contribution in [0.15, 0.2) is 12.1 Å². The molecule has 0 bridgehead atoms. The molecule has 0 aliphatic carbocycles. The Labute approximate surface area is 186 Å². The van der Waals surface area contributed by atoms with E-state index in [1.807, 2.05) is 0 Å². The second kappa shape index (κ2) is 10.9. The molecule has 10 heteroatoms. The van der Waals surface area contributed by atoms with E-state index in [2.05, 4.69) is 10.1 Å². The van der Waals surface area contributed by atoms with Gasteiger partial charge in [-0.15, -0.1) is 0 Å². The molecule has 1 aromatic carbocycles. The van der Waals surface area contributed by atoms with E-state index in [1.165, 1.54) is 13.2 Å². The first-order valence-electron chi connectivity index (χ1n) is 10.1. The summed E-state index contributed by atoms with van der Waals surface area (Å²) in [7, 11) is 1.24. The van der Waals surface area contributed by atoms with Crippen LogP contribution in [0.1, 0.15) is 45.3 Å². The average molecular weight is 463 g/mol. The highest BCUT2D eigenvalue weighted by atomic mass is 35.5. The molecular weight excluding hydrogens is 434 g/mol. The number of carbonyl (C=O) groups excluding carboxylic acids is 2. The van der Waals surface area contributed by atoms with Gasteiger partial charge in [0.15, 0.2) is 5.82 Å². The molecule has 1 aliphatic rings. The number of halogens is 3. The number of nitrogens with zero attached hydrogens (tertiary/aromatic N) is 1. The fourth-order valence-corrected chi connectivity index (χ4v) is 3.57. The van der Waals surface area contributed by atoms with E-state index in [0.717, 1.165) is 6.07 Å². The monoisotopic (exact) mass is 462 g/mol. The normalized spacial score (nSPS) is 17.8. The van der Waals surface area contributed by atoms with Gasteiger partial charge in [-0.2, -0.15) is 0 Å². The number of hydrogen-bond acceptors (Lipinski definition) is 5. The lowest BCUT2D eigenvalue weighted by atomic mass is 9.88. The summed E-state index contributed by atoms with van der Waals surface area (Å²) in [5, 5.41) is 1.87. The second-order valence-electron chi connectivity index (χ2n) is 8.30. The van der Waals surface area contributed by atoms with Crippen molar-refractivity contribution >= 4 is 23.8 Å². The summed E-state index contributed by atoms with van der Waals surface area (Å²) in [4.78, 5) is 25.3. The quantitative estimate of drug-likeness (QED) is 0.490. The van der Waals surface area contributed by atoms with Crippen molar-refractivity contribution in [2.45, 2.75) is 45.3 Å². The van der Waals surface area contributed by atoms with E-state index in [1.54, 1.807) is 25.7 Å². The van der Waals surface area contributed by atoms with Gasteiger partial charge in [-0.25, -0.2) is 18.4 Å². The number of carbonyl (C=O) groups is 2. The minimum absolute atomic E-state index is 0.0527. The summed E-state index contributed by atoms with van der Waals surface area (Å²) >= 11 is 5.78. The van der Waals surface area contributed by atoms with Crippen molar-refractivity contribution in [1.82, 2.24) is 10.2 Å². The maximum absolute atomic E-state index is 14.8. The van der Waals surface area contributed by atoms with Crippen molar-refractivity contribution < 1.29 is 32.6 Å². The van der Waals surface area contributed by atoms with Crippen molar-refractivity contribution in [1.29, 1.82) is 0 Å². The minimum Gasteiger partial charge on any atom is -0.453 e. The summed E-state index contributed by atoms with van der Waals surface area (Å²) in [6.07, 6.45) is -0.558. The Morgan fingerprint density at radius 1 is 1.32 bits per heavy atom. The van der Waals surface area contributed by atoms with Gasteiger partial charge in [-0.3, -0.25) is 0 Å². The molecule has 1 aliphatic heterocycles. The Morgan fingerprint density at radius 3 is 2.68 bits per heavy atom. The second-order valence-corrected chi connectivity index (χ2v) is 8.68. The van der Waals surface area contributed by atoms with Gasteiger partial charge in [0.2, 0.25) is 0 Å². The van der Waals surface area contributed by atoms with Crippen LogP contribution >= 0.6 is 11.6 Å². The summed E-state index contributed by atoms with van der Waals surface area (Å²) in [5.74, 6) is -2.05. The van der Waals surface area contributed by atoms with Crippen LogP contribution in [-0.4, -0.2) is 56.0 Å². The molecule has 1 heterocycles. The number of ether oxygens (including phenoxy) is 3. The van der Waals surface area contributed by atoms with Gasteiger partial charge < -0.3 is 24.4 Å². The van der Waals surface area contributed by atoms with Gasteiger partial charge in [0, 0.05) is 31.1 Å². The van der Waals surface area contributed by atoms with E-state index in [4.69, 9.17) is 21.1 Å². The van der Waals surface area contributed by atoms with Gasteiger partial charge in [-0.05, 0) is 39.7 Å². The number of amides is 2. The lowest BCUT2D eigenvalue weighted by molar-refractivity contribution is -0.0258. The Balaban J connectivity index is 2.20. The molecular formula is C21H29ClF2N2O5. The molecule has 2 atom stereocenters. The Morgan fingerprint density at radius 2 is 2.03 bits per heavy atom. The smallest absolute Gasteiger partial charge is 0.410 e. The molecule has 7 nitrogen and oxygen atoms in total. The van der Waals surface area contributed by atoms with Crippen LogP contribution in [0.4, 0.5) is 18.4 Å². The lowest BCUT2D eigenvalue weighted by Crippen LogP contribution is -2.44. The first-order valence-corrected chi connectivity index (χ1v) is 10.5. The van der Waals surface area contributed by atoms with Crippen LogP contribution < -0.4 is 5.32 Å². The van der Waals surface area contributed by atoms with Crippen molar-refractivity contribution in [2.24, 2.45) is 5.92 Å². The number of methoxy groups -OCH3 is 1. The maximum Gasteiger partial charge on any atom is 0.410 e. The number of nitrogens with one attached hydrogen (secondary N) is 1.